The van der Waals surface area contributed by atoms with E-state index < -0.39 is 0 Å². The molecule has 3 heteroatoms. The van der Waals surface area contributed by atoms with E-state index in [-0.39, 0.29) is 12.0 Å². The van der Waals surface area contributed by atoms with Crippen LogP contribution in [0, 0.1) is 5.92 Å². The molecule has 0 radical (unpaired) electrons. The van der Waals surface area contributed by atoms with Gasteiger partial charge in [0.2, 0.25) is 0 Å². The average molecular weight is 264 g/mol. The standard InChI is InChI=1S/C15H20O2S/c1-12(11-18-14-5-3-2-4-6-14)15(16)13-7-9-17-10-8-13/h2-7,12,15-16H,8-11H2,1H3/t12-,15-/m0/s1. The summed E-state index contributed by atoms with van der Waals surface area (Å²) in [6.07, 6.45) is 2.56. The van der Waals surface area contributed by atoms with Crippen molar-refractivity contribution in [1.29, 1.82) is 0 Å². The highest BCUT2D eigenvalue weighted by molar-refractivity contribution is 7.99. The molecule has 1 N–H and O–H groups in total. The van der Waals surface area contributed by atoms with Gasteiger partial charge < -0.3 is 9.84 Å². The van der Waals surface area contributed by atoms with Gasteiger partial charge in [0.1, 0.15) is 0 Å². The summed E-state index contributed by atoms with van der Waals surface area (Å²) in [5, 5.41) is 10.3. The molecule has 18 heavy (non-hydrogen) atoms. The van der Waals surface area contributed by atoms with Crippen molar-refractivity contribution in [1.82, 2.24) is 0 Å². The summed E-state index contributed by atoms with van der Waals surface area (Å²) >= 11 is 1.80. The first-order valence-electron chi connectivity index (χ1n) is 6.40. The van der Waals surface area contributed by atoms with Crippen molar-refractivity contribution in [2.24, 2.45) is 5.92 Å². The molecule has 0 aliphatic carbocycles. The first-order valence-corrected chi connectivity index (χ1v) is 7.38. The molecule has 98 valence electrons. The molecule has 2 nitrogen and oxygen atoms in total. The summed E-state index contributed by atoms with van der Waals surface area (Å²) in [5.74, 6) is 1.20. The fraction of sp³-hybridized carbons (Fsp3) is 0.467. The Morgan fingerprint density at radius 3 is 2.78 bits per heavy atom. The highest BCUT2D eigenvalue weighted by Crippen LogP contribution is 2.25. The summed E-state index contributed by atoms with van der Waals surface area (Å²) in [6.45, 7) is 3.49. The molecule has 0 fully saturated rings. The van der Waals surface area contributed by atoms with Crippen LogP contribution in [0.15, 0.2) is 46.9 Å². The fourth-order valence-corrected chi connectivity index (χ4v) is 3.00. The predicted molar refractivity (Wildman–Crippen MR) is 75.9 cm³/mol. The lowest BCUT2D eigenvalue weighted by Crippen LogP contribution is -2.25. The van der Waals surface area contributed by atoms with Gasteiger partial charge in [-0.25, -0.2) is 0 Å². The number of hydrogen-bond donors (Lipinski definition) is 1. The van der Waals surface area contributed by atoms with Gasteiger partial charge in [-0.15, -0.1) is 11.8 Å². The normalized spacial score (nSPS) is 19.1. The molecule has 1 aliphatic heterocycles. The van der Waals surface area contributed by atoms with Gasteiger partial charge in [0.25, 0.3) is 0 Å². The van der Waals surface area contributed by atoms with E-state index in [2.05, 4.69) is 19.1 Å². The highest BCUT2D eigenvalue weighted by atomic mass is 32.2. The quantitative estimate of drug-likeness (QED) is 0.654. The van der Waals surface area contributed by atoms with Crippen molar-refractivity contribution < 1.29 is 9.84 Å². The second-order valence-electron chi connectivity index (χ2n) is 4.65. The zero-order valence-corrected chi connectivity index (χ0v) is 11.5. The zero-order chi connectivity index (χ0) is 12.8. The monoisotopic (exact) mass is 264 g/mol. The molecule has 0 aromatic heterocycles. The molecule has 0 unspecified atom stereocenters. The van der Waals surface area contributed by atoms with Crippen molar-refractivity contribution in [2.45, 2.75) is 24.3 Å². The number of ether oxygens (including phenoxy) is 1. The van der Waals surface area contributed by atoms with Crippen molar-refractivity contribution in [2.75, 3.05) is 19.0 Å². The molecule has 1 heterocycles. The highest BCUT2D eigenvalue weighted by Gasteiger charge is 2.20. The van der Waals surface area contributed by atoms with Crippen LogP contribution in [0.4, 0.5) is 0 Å². The summed E-state index contributed by atoms with van der Waals surface area (Å²) in [5.41, 5.74) is 1.14. The largest absolute Gasteiger partial charge is 0.388 e. The maximum atomic E-state index is 10.3. The summed E-state index contributed by atoms with van der Waals surface area (Å²) in [7, 11) is 0. The number of thioether (sulfide) groups is 1. The van der Waals surface area contributed by atoms with Gasteiger partial charge >= 0.3 is 0 Å². The number of hydrogen-bond acceptors (Lipinski definition) is 3. The molecule has 1 aromatic rings. The van der Waals surface area contributed by atoms with Crippen LogP contribution in [-0.4, -0.2) is 30.2 Å². The molecule has 2 atom stereocenters. The lowest BCUT2D eigenvalue weighted by molar-refractivity contribution is 0.117. The van der Waals surface area contributed by atoms with Crippen LogP contribution >= 0.6 is 11.8 Å². The molecule has 2 rings (SSSR count). The summed E-state index contributed by atoms with van der Waals surface area (Å²) in [4.78, 5) is 1.26. The molecule has 0 saturated heterocycles. The number of aliphatic hydroxyl groups is 1. The minimum Gasteiger partial charge on any atom is -0.388 e. The lowest BCUT2D eigenvalue weighted by Gasteiger charge is -2.24. The van der Waals surface area contributed by atoms with Crippen LogP contribution in [0.2, 0.25) is 0 Å². The van der Waals surface area contributed by atoms with Crippen molar-refractivity contribution >= 4 is 11.8 Å². The fourth-order valence-electron chi connectivity index (χ4n) is 2.01. The molecule has 0 amide bonds. The number of benzene rings is 1. The summed E-state index contributed by atoms with van der Waals surface area (Å²) < 4.78 is 5.27. The van der Waals surface area contributed by atoms with Crippen molar-refractivity contribution in [3.8, 4) is 0 Å². The van der Waals surface area contributed by atoms with Crippen LogP contribution in [-0.2, 0) is 4.74 Å². The Hall–Kier alpha value is -0.770. The first kappa shape index (κ1) is 13.7. The van der Waals surface area contributed by atoms with Crippen molar-refractivity contribution in [3.05, 3.63) is 42.0 Å². The number of rotatable bonds is 5. The Morgan fingerprint density at radius 2 is 2.11 bits per heavy atom. The lowest BCUT2D eigenvalue weighted by atomic mass is 9.96. The third-order valence-electron chi connectivity index (χ3n) is 3.17. The third kappa shape index (κ3) is 3.87. The van der Waals surface area contributed by atoms with Crippen LogP contribution in [0.3, 0.4) is 0 Å². The van der Waals surface area contributed by atoms with E-state index in [9.17, 15) is 5.11 Å². The van der Waals surface area contributed by atoms with Gasteiger partial charge in [0.15, 0.2) is 0 Å². The van der Waals surface area contributed by atoms with Gasteiger partial charge in [0.05, 0.1) is 19.3 Å². The van der Waals surface area contributed by atoms with Gasteiger partial charge in [-0.3, -0.25) is 0 Å². The third-order valence-corrected chi connectivity index (χ3v) is 4.47. The molecular formula is C15H20O2S. The Bertz CT molecular complexity index is 389. The van der Waals surface area contributed by atoms with E-state index in [1.807, 2.05) is 24.3 Å². The second kappa shape index (κ2) is 6.98. The molecule has 0 saturated carbocycles. The van der Waals surface area contributed by atoms with Crippen molar-refractivity contribution in [3.63, 3.8) is 0 Å². The van der Waals surface area contributed by atoms with E-state index >= 15 is 0 Å². The Labute approximate surface area is 113 Å². The smallest absolute Gasteiger partial charge is 0.0785 e. The average Bonchev–Trinajstić information content (AvgIpc) is 2.46. The predicted octanol–water partition coefficient (Wildman–Crippen LogP) is 3.12. The molecule has 0 spiro atoms. The van der Waals surface area contributed by atoms with E-state index in [1.165, 1.54) is 4.90 Å². The maximum absolute atomic E-state index is 10.3. The van der Waals surface area contributed by atoms with E-state index in [0.29, 0.717) is 6.61 Å². The van der Waals surface area contributed by atoms with Crippen LogP contribution in [0.1, 0.15) is 13.3 Å². The Kier molecular flexibility index (Phi) is 5.29. The first-order chi connectivity index (χ1) is 8.77. The summed E-state index contributed by atoms with van der Waals surface area (Å²) in [6, 6.07) is 10.3. The Balaban J connectivity index is 1.84. The van der Waals surface area contributed by atoms with E-state index in [1.54, 1.807) is 11.8 Å². The maximum Gasteiger partial charge on any atom is 0.0785 e. The van der Waals surface area contributed by atoms with Gasteiger partial charge in [-0.05, 0) is 30.0 Å². The molecule has 1 aliphatic rings. The molecular weight excluding hydrogens is 244 g/mol. The van der Waals surface area contributed by atoms with Gasteiger partial charge in [-0.2, -0.15) is 0 Å². The second-order valence-corrected chi connectivity index (χ2v) is 5.74. The molecule has 0 bridgehead atoms. The van der Waals surface area contributed by atoms with Crippen LogP contribution in [0.25, 0.3) is 0 Å². The molecule has 1 aromatic carbocycles. The zero-order valence-electron chi connectivity index (χ0n) is 10.7. The Morgan fingerprint density at radius 1 is 1.33 bits per heavy atom. The van der Waals surface area contributed by atoms with Crippen LogP contribution in [0.5, 0.6) is 0 Å². The van der Waals surface area contributed by atoms with Gasteiger partial charge in [-0.1, -0.05) is 31.2 Å². The minimum absolute atomic E-state index is 0.263. The van der Waals surface area contributed by atoms with Crippen LogP contribution < -0.4 is 0 Å². The van der Waals surface area contributed by atoms with Gasteiger partial charge in [0, 0.05) is 10.6 Å². The SMILES string of the molecule is C[C@@H](CSc1ccccc1)[C@H](O)C1=CCOCC1. The van der Waals surface area contributed by atoms with E-state index in [4.69, 9.17) is 4.74 Å². The number of aliphatic hydroxyl groups excluding tert-OH is 1. The van der Waals surface area contributed by atoms with E-state index in [0.717, 1.165) is 24.4 Å². The topological polar surface area (TPSA) is 29.5 Å². The minimum atomic E-state index is -0.329.